The quantitative estimate of drug-likeness (QED) is 0.791. The molecule has 0 aliphatic rings. The average molecular weight is 233 g/mol. The Bertz CT molecular complexity index is 390. The van der Waals surface area contributed by atoms with Crippen molar-refractivity contribution in [3.63, 3.8) is 0 Å². The van der Waals surface area contributed by atoms with Gasteiger partial charge in [-0.25, -0.2) is 0 Å². The van der Waals surface area contributed by atoms with Crippen LogP contribution in [0.5, 0.6) is 0 Å². The van der Waals surface area contributed by atoms with Gasteiger partial charge in [0.2, 0.25) is 0 Å². The van der Waals surface area contributed by atoms with E-state index in [9.17, 15) is 0 Å². The molecule has 0 aliphatic heterocycles. The van der Waals surface area contributed by atoms with E-state index < -0.39 is 0 Å². The second-order valence-corrected chi connectivity index (χ2v) is 6.19. The van der Waals surface area contributed by atoms with Gasteiger partial charge in [0.15, 0.2) is 0 Å². The van der Waals surface area contributed by atoms with E-state index in [4.69, 9.17) is 5.26 Å². The number of rotatable bonds is 4. The van der Waals surface area contributed by atoms with Crippen LogP contribution in [0.4, 0.5) is 0 Å². The summed E-state index contributed by atoms with van der Waals surface area (Å²) >= 11 is 0. The first-order valence-electron chi connectivity index (χ1n) is 6.24. The Labute approximate surface area is 104 Å². The minimum Gasteiger partial charge on any atom is -0.268 e. The smallest absolute Gasteiger partial charge is 0.0654 e. The zero-order valence-electron chi connectivity index (χ0n) is 11.6. The molecule has 3 heteroatoms. The molecular weight excluding hydrogens is 210 g/mol. The summed E-state index contributed by atoms with van der Waals surface area (Å²) in [6, 6.07) is 2.45. The zero-order chi connectivity index (χ0) is 13.1. The van der Waals surface area contributed by atoms with Crippen molar-refractivity contribution in [2.24, 2.45) is 5.41 Å². The highest BCUT2D eigenvalue weighted by atomic mass is 15.3. The van der Waals surface area contributed by atoms with E-state index in [-0.39, 0.29) is 11.5 Å². The summed E-state index contributed by atoms with van der Waals surface area (Å²) in [4.78, 5) is 0. The third-order valence-electron chi connectivity index (χ3n) is 2.84. The minimum atomic E-state index is 0.187. The van der Waals surface area contributed by atoms with Crippen LogP contribution < -0.4 is 0 Å². The maximum Gasteiger partial charge on any atom is 0.0654 e. The van der Waals surface area contributed by atoms with Crippen molar-refractivity contribution >= 4 is 0 Å². The summed E-state index contributed by atoms with van der Waals surface area (Å²) in [6.07, 6.45) is 5.49. The summed E-state index contributed by atoms with van der Waals surface area (Å²) in [7, 11) is 0. The van der Waals surface area contributed by atoms with Crippen LogP contribution in [0.3, 0.4) is 0 Å². The molecule has 0 saturated heterocycles. The van der Waals surface area contributed by atoms with E-state index in [0.717, 1.165) is 6.42 Å². The van der Waals surface area contributed by atoms with Crippen molar-refractivity contribution in [1.29, 1.82) is 5.26 Å². The number of hydrogen-bond donors (Lipinski definition) is 0. The molecule has 0 fully saturated rings. The number of nitriles is 1. The molecule has 1 unspecified atom stereocenters. The van der Waals surface area contributed by atoms with Crippen LogP contribution >= 0.6 is 0 Å². The standard InChI is InChI=1S/C14H23N3/c1-11(2)12-9-16-17(10-12)13(6-7-15)8-14(3,4)5/h9-11,13H,6,8H2,1-5H3. The highest BCUT2D eigenvalue weighted by Gasteiger charge is 2.21. The molecule has 1 aromatic heterocycles. The Kier molecular flexibility index (Phi) is 4.34. The Morgan fingerprint density at radius 1 is 1.41 bits per heavy atom. The molecule has 0 saturated carbocycles. The number of hydrogen-bond acceptors (Lipinski definition) is 2. The molecule has 0 radical (unpaired) electrons. The van der Waals surface area contributed by atoms with E-state index in [1.807, 2.05) is 10.9 Å². The van der Waals surface area contributed by atoms with E-state index in [1.165, 1.54) is 5.56 Å². The molecule has 1 heterocycles. The van der Waals surface area contributed by atoms with Crippen molar-refractivity contribution in [3.05, 3.63) is 18.0 Å². The fourth-order valence-corrected chi connectivity index (χ4v) is 1.92. The molecule has 0 spiro atoms. The van der Waals surface area contributed by atoms with Crippen LogP contribution in [0.25, 0.3) is 0 Å². The van der Waals surface area contributed by atoms with Gasteiger partial charge in [-0.1, -0.05) is 34.6 Å². The van der Waals surface area contributed by atoms with Crippen molar-refractivity contribution in [2.45, 2.75) is 59.4 Å². The second-order valence-electron chi connectivity index (χ2n) is 6.19. The fraction of sp³-hybridized carbons (Fsp3) is 0.714. The first-order chi connectivity index (χ1) is 7.83. The lowest BCUT2D eigenvalue weighted by Crippen LogP contribution is -2.17. The second kappa shape index (κ2) is 5.35. The summed E-state index contributed by atoms with van der Waals surface area (Å²) in [6.45, 7) is 10.9. The third-order valence-corrected chi connectivity index (χ3v) is 2.84. The van der Waals surface area contributed by atoms with E-state index in [0.29, 0.717) is 12.3 Å². The van der Waals surface area contributed by atoms with Gasteiger partial charge >= 0.3 is 0 Å². The van der Waals surface area contributed by atoms with Gasteiger partial charge in [0.1, 0.15) is 0 Å². The summed E-state index contributed by atoms with van der Waals surface area (Å²) in [5.74, 6) is 0.487. The molecule has 1 atom stereocenters. The maximum absolute atomic E-state index is 8.92. The van der Waals surface area contributed by atoms with Gasteiger partial charge in [0.25, 0.3) is 0 Å². The lowest BCUT2D eigenvalue weighted by Gasteiger charge is -2.24. The van der Waals surface area contributed by atoms with Crippen LogP contribution in [0.15, 0.2) is 12.4 Å². The summed E-state index contributed by atoms with van der Waals surface area (Å²) < 4.78 is 1.96. The van der Waals surface area contributed by atoms with Crippen molar-refractivity contribution < 1.29 is 0 Å². The molecule has 1 rings (SSSR count). The first-order valence-corrected chi connectivity index (χ1v) is 6.24. The summed E-state index contributed by atoms with van der Waals surface area (Å²) in [5.41, 5.74) is 1.45. The van der Waals surface area contributed by atoms with E-state index >= 15 is 0 Å². The lowest BCUT2D eigenvalue weighted by atomic mass is 9.87. The monoisotopic (exact) mass is 233 g/mol. The predicted molar refractivity (Wildman–Crippen MR) is 69.7 cm³/mol. The third kappa shape index (κ3) is 4.22. The van der Waals surface area contributed by atoms with Gasteiger partial charge in [-0.05, 0) is 23.3 Å². The molecule has 94 valence electrons. The molecule has 0 bridgehead atoms. The van der Waals surface area contributed by atoms with Crippen molar-refractivity contribution in [2.75, 3.05) is 0 Å². The Balaban J connectivity index is 2.86. The van der Waals surface area contributed by atoms with Crippen molar-refractivity contribution in [3.8, 4) is 6.07 Å². The van der Waals surface area contributed by atoms with Gasteiger partial charge in [-0.2, -0.15) is 10.4 Å². The Morgan fingerprint density at radius 3 is 2.47 bits per heavy atom. The number of aromatic nitrogens is 2. The first kappa shape index (κ1) is 13.8. The highest BCUT2D eigenvalue weighted by Crippen LogP contribution is 2.29. The van der Waals surface area contributed by atoms with Gasteiger partial charge in [0.05, 0.1) is 24.7 Å². The normalized spacial score (nSPS) is 13.7. The molecule has 0 amide bonds. The largest absolute Gasteiger partial charge is 0.268 e. The maximum atomic E-state index is 8.92. The lowest BCUT2D eigenvalue weighted by molar-refractivity contribution is 0.281. The predicted octanol–water partition coefficient (Wildman–Crippen LogP) is 3.90. The topological polar surface area (TPSA) is 41.6 Å². The zero-order valence-corrected chi connectivity index (χ0v) is 11.6. The van der Waals surface area contributed by atoms with Crippen molar-refractivity contribution in [1.82, 2.24) is 9.78 Å². The molecule has 3 nitrogen and oxygen atoms in total. The Morgan fingerprint density at radius 2 is 2.06 bits per heavy atom. The molecule has 1 aromatic rings. The van der Waals surface area contributed by atoms with Crippen LogP contribution in [0.2, 0.25) is 0 Å². The van der Waals surface area contributed by atoms with Crippen LogP contribution in [-0.2, 0) is 0 Å². The molecule has 0 N–H and O–H groups in total. The molecule has 17 heavy (non-hydrogen) atoms. The van der Waals surface area contributed by atoms with Gasteiger partial charge < -0.3 is 0 Å². The van der Waals surface area contributed by atoms with E-state index in [1.54, 1.807) is 0 Å². The minimum absolute atomic E-state index is 0.187. The SMILES string of the molecule is CC(C)c1cnn(C(CC#N)CC(C)(C)C)c1. The van der Waals surface area contributed by atoms with Crippen LogP contribution in [0.1, 0.15) is 65.0 Å². The van der Waals surface area contributed by atoms with Gasteiger partial charge in [-0.15, -0.1) is 0 Å². The van der Waals surface area contributed by atoms with Gasteiger partial charge in [-0.3, -0.25) is 4.68 Å². The summed E-state index contributed by atoms with van der Waals surface area (Å²) in [5, 5.41) is 13.3. The van der Waals surface area contributed by atoms with Crippen LogP contribution in [0, 0.1) is 16.7 Å². The van der Waals surface area contributed by atoms with Crippen LogP contribution in [-0.4, -0.2) is 9.78 Å². The highest BCUT2D eigenvalue weighted by molar-refractivity contribution is 5.09. The molecular formula is C14H23N3. The van der Waals surface area contributed by atoms with E-state index in [2.05, 4.69) is 52.0 Å². The molecule has 0 aliphatic carbocycles. The Hall–Kier alpha value is -1.30. The average Bonchev–Trinajstić information content (AvgIpc) is 2.63. The number of nitrogens with zero attached hydrogens (tertiary/aromatic N) is 3. The molecule has 0 aromatic carbocycles. The fourth-order valence-electron chi connectivity index (χ4n) is 1.92. The van der Waals surface area contributed by atoms with Gasteiger partial charge in [0, 0.05) is 6.20 Å².